The van der Waals surface area contributed by atoms with Crippen molar-refractivity contribution in [2.45, 2.75) is 495 Å². The third-order valence-electron chi connectivity index (χ3n) is 20.0. The van der Waals surface area contributed by atoms with Crippen molar-refractivity contribution in [3.8, 4) is 0 Å². The van der Waals surface area contributed by atoms with Gasteiger partial charge in [-0.3, -0.25) is 9.59 Å². The number of aliphatic hydroxyl groups is 2. The van der Waals surface area contributed by atoms with Crippen LogP contribution in [0.15, 0.2) is 24.3 Å². The Morgan fingerprint density at radius 1 is 0.308 bits per heavy atom. The summed E-state index contributed by atoms with van der Waals surface area (Å²) < 4.78 is 5.52. The van der Waals surface area contributed by atoms with Crippen LogP contribution in [0.4, 0.5) is 0 Å². The molecule has 0 bridgehead atoms. The molecule has 0 aliphatic rings. The minimum atomic E-state index is -0.664. The van der Waals surface area contributed by atoms with Crippen molar-refractivity contribution >= 4 is 11.9 Å². The van der Waals surface area contributed by atoms with E-state index in [1.165, 1.54) is 405 Å². The molecule has 0 aromatic rings. The maximum atomic E-state index is 12.6. The second kappa shape index (κ2) is 80.8. The summed E-state index contributed by atoms with van der Waals surface area (Å²) in [5.74, 6) is -0.00708. The van der Waals surface area contributed by atoms with Crippen molar-refractivity contribution in [1.82, 2.24) is 5.32 Å². The molecule has 0 fully saturated rings. The standard InChI is InChI=1S/C85H165NO5/c1-3-5-7-9-11-13-15-17-19-21-23-24-38-42-45-49-53-57-61-65-69-73-77-83(88)82(81-87)86-84(89)78-74-70-66-62-58-54-50-46-43-39-36-34-32-30-28-26-25-27-29-31-33-35-37-40-44-48-52-56-60-64-68-72-76-80-91-85(90)79-75-71-67-63-59-55-51-47-41-22-20-18-16-14-12-10-8-6-4-2/h29,31,35,37,82-83,87-88H,3-28,30,32-34,36,38-81H2,1-2H3,(H,86,89)/b31-29-,37-35-. The maximum absolute atomic E-state index is 12.6. The van der Waals surface area contributed by atoms with Gasteiger partial charge in [0.05, 0.1) is 25.4 Å². The normalized spacial score (nSPS) is 12.5. The Balaban J connectivity index is 3.36. The summed E-state index contributed by atoms with van der Waals surface area (Å²) in [5.41, 5.74) is 0. The van der Waals surface area contributed by atoms with E-state index in [1.54, 1.807) is 0 Å². The van der Waals surface area contributed by atoms with Crippen LogP contribution in [0.25, 0.3) is 0 Å². The van der Waals surface area contributed by atoms with Crippen molar-refractivity contribution in [2.75, 3.05) is 13.2 Å². The molecule has 0 aromatic carbocycles. The fraction of sp³-hybridized carbons (Fsp3) is 0.929. The van der Waals surface area contributed by atoms with Gasteiger partial charge in [-0.15, -0.1) is 0 Å². The lowest BCUT2D eigenvalue weighted by Crippen LogP contribution is -2.45. The number of esters is 1. The molecule has 2 atom stereocenters. The zero-order valence-electron chi connectivity index (χ0n) is 62.1. The Morgan fingerprint density at radius 2 is 0.549 bits per heavy atom. The van der Waals surface area contributed by atoms with Crippen LogP contribution in [0.2, 0.25) is 0 Å². The van der Waals surface area contributed by atoms with Crippen molar-refractivity contribution in [2.24, 2.45) is 0 Å². The van der Waals surface area contributed by atoms with Crippen LogP contribution in [-0.2, 0) is 14.3 Å². The number of aliphatic hydroxyl groups excluding tert-OH is 2. The van der Waals surface area contributed by atoms with Gasteiger partial charge in [0.25, 0.3) is 0 Å². The Bertz CT molecular complexity index is 1430. The summed E-state index contributed by atoms with van der Waals surface area (Å²) in [6, 6.07) is -0.541. The summed E-state index contributed by atoms with van der Waals surface area (Å²) in [5, 5.41) is 23.5. The van der Waals surface area contributed by atoms with E-state index in [4.69, 9.17) is 4.74 Å². The van der Waals surface area contributed by atoms with Gasteiger partial charge in [-0.05, 0) is 57.8 Å². The molecular weight excluding hydrogens is 1110 g/mol. The van der Waals surface area contributed by atoms with E-state index >= 15 is 0 Å². The Kier molecular flexibility index (Phi) is 79.3. The third kappa shape index (κ3) is 77.2. The van der Waals surface area contributed by atoms with Crippen LogP contribution in [0.1, 0.15) is 483 Å². The van der Waals surface area contributed by atoms with Crippen LogP contribution < -0.4 is 5.32 Å². The first kappa shape index (κ1) is 89.3. The molecule has 0 saturated heterocycles. The van der Waals surface area contributed by atoms with Gasteiger partial charge in [-0.25, -0.2) is 0 Å². The molecule has 2 unspecified atom stereocenters. The number of carbonyl (C=O) groups is 2. The van der Waals surface area contributed by atoms with Crippen LogP contribution >= 0.6 is 0 Å². The smallest absolute Gasteiger partial charge is 0.305 e. The fourth-order valence-corrected chi connectivity index (χ4v) is 13.6. The molecule has 0 heterocycles. The Morgan fingerprint density at radius 3 is 0.835 bits per heavy atom. The highest BCUT2D eigenvalue weighted by Crippen LogP contribution is 2.21. The van der Waals surface area contributed by atoms with Crippen molar-refractivity contribution < 1.29 is 24.5 Å². The molecule has 6 heteroatoms. The van der Waals surface area contributed by atoms with Gasteiger partial charge >= 0.3 is 5.97 Å². The summed E-state index contributed by atoms with van der Waals surface area (Å²) in [6.07, 6.45) is 104. The van der Waals surface area contributed by atoms with Crippen molar-refractivity contribution in [3.63, 3.8) is 0 Å². The van der Waals surface area contributed by atoms with E-state index in [1.807, 2.05) is 0 Å². The summed E-state index contributed by atoms with van der Waals surface area (Å²) >= 11 is 0. The van der Waals surface area contributed by atoms with E-state index < -0.39 is 12.1 Å². The quantitative estimate of drug-likeness (QED) is 0.0320. The fourth-order valence-electron chi connectivity index (χ4n) is 13.6. The molecule has 540 valence electrons. The summed E-state index contributed by atoms with van der Waals surface area (Å²) in [6.45, 7) is 5.01. The molecule has 0 saturated carbocycles. The van der Waals surface area contributed by atoms with Gasteiger partial charge < -0.3 is 20.3 Å². The molecule has 0 aliphatic carbocycles. The lowest BCUT2D eigenvalue weighted by atomic mass is 10.0. The van der Waals surface area contributed by atoms with Crippen LogP contribution in [0.3, 0.4) is 0 Å². The molecule has 0 rings (SSSR count). The van der Waals surface area contributed by atoms with Gasteiger partial charge in [-0.1, -0.05) is 436 Å². The first-order chi connectivity index (χ1) is 45.0. The number of rotatable bonds is 80. The molecule has 0 radical (unpaired) electrons. The van der Waals surface area contributed by atoms with E-state index in [9.17, 15) is 19.8 Å². The first-order valence-corrected chi connectivity index (χ1v) is 42.1. The second-order valence-corrected chi connectivity index (χ2v) is 29.2. The molecule has 0 aliphatic heterocycles. The number of unbranched alkanes of at least 4 members (excludes halogenated alkanes) is 65. The first-order valence-electron chi connectivity index (χ1n) is 42.1. The van der Waals surface area contributed by atoms with Gasteiger partial charge in [0.15, 0.2) is 0 Å². The maximum Gasteiger partial charge on any atom is 0.305 e. The van der Waals surface area contributed by atoms with E-state index in [0.717, 1.165) is 44.9 Å². The predicted molar refractivity (Wildman–Crippen MR) is 403 cm³/mol. The van der Waals surface area contributed by atoms with Crippen LogP contribution in [0.5, 0.6) is 0 Å². The molecule has 6 nitrogen and oxygen atoms in total. The topological polar surface area (TPSA) is 95.9 Å². The predicted octanol–water partition coefficient (Wildman–Crippen LogP) is 28.0. The van der Waals surface area contributed by atoms with Gasteiger partial charge in [0, 0.05) is 12.8 Å². The second-order valence-electron chi connectivity index (χ2n) is 29.2. The highest BCUT2D eigenvalue weighted by Gasteiger charge is 2.20. The summed E-state index contributed by atoms with van der Waals surface area (Å²) in [7, 11) is 0. The van der Waals surface area contributed by atoms with Crippen LogP contribution in [0, 0.1) is 0 Å². The number of hydrogen-bond acceptors (Lipinski definition) is 5. The van der Waals surface area contributed by atoms with Gasteiger partial charge in [0.2, 0.25) is 5.91 Å². The number of nitrogens with one attached hydrogen (secondary N) is 1. The number of ether oxygens (including phenoxy) is 1. The van der Waals surface area contributed by atoms with E-state index in [2.05, 4.69) is 43.5 Å². The SMILES string of the molecule is CCCCCCCCCCCCCCCCCCCCCCCCC(O)C(CO)NC(=O)CCCCCCCCCCCCCCCCCCC/C=C\C/C=C\CCCCCCCCCCCOC(=O)CCCCCCCCCCCCCCCCCCCCC. The number of hydrogen-bond donors (Lipinski definition) is 3. The zero-order valence-corrected chi connectivity index (χ0v) is 62.1. The minimum absolute atomic E-state index is 0.0203. The van der Waals surface area contributed by atoms with Crippen LogP contribution in [-0.4, -0.2) is 47.4 Å². The Hall–Kier alpha value is -1.66. The van der Waals surface area contributed by atoms with Gasteiger partial charge in [0.1, 0.15) is 0 Å². The molecule has 91 heavy (non-hydrogen) atoms. The highest BCUT2D eigenvalue weighted by atomic mass is 16.5. The number of carbonyl (C=O) groups excluding carboxylic acids is 2. The average molecular weight is 1280 g/mol. The van der Waals surface area contributed by atoms with Gasteiger partial charge in [-0.2, -0.15) is 0 Å². The summed E-state index contributed by atoms with van der Waals surface area (Å²) in [4.78, 5) is 24.7. The average Bonchev–Trinajstić information content (AvgIpc) is 3.64. The monoisotopic (exact) mass is 1280 g/mol. The van der Waals surface area contributed by atoms with E-state index in [-0.39, 0.29) is 18.5 Å². The molecule has 3 N–H and O–H groups in total. The van der Waals surface area contributed by atoms with Crippen molar-refractivity contribution in [1.29, 1.82) is 0 Å². The molecule has 0 spiro atoms. The van der Waals surface area contributed by atoms with Crippen molar-refractivity contribution in [3.05, 3.63) is 24.3 Å². The highest BCUT2D eigenvalue weighted by molar-refractivity contribution is 5.76. The molecule has 1 amide bonds. The largest absolute Gasteiger partial charge is 0.466 e. The number of allylic oxidation sites excluding steroid dienone is 4. The lowest BCUT2D eigenvalue weighted by molar-refractivity contribution is -0.143. The molecular formula is C85H165NO5. The molecule has 0 aromatic heterocycles. The van der Waals surface area contributed by atoms with E-state index in [0.29, 0.717) is 25.9 Å². The number of amides is 1. The Labute approximate surface area is 571 Å². The minimum Gasteiger partial charge on any atom is -0.466 e. The zero-order chi connectivity index (χ0) is 65.6. The lowest BCUT2D eigenvalue weighted by Gasteiger charge is -2.22. The third-order valence-corrected chi connectivity index (χ3v) is 20.0.